The Morgan fingerprint density at radius 3 is 2.43 bits per heavy atom. The highest BCUT2D eigenvalue weighted by molar-refractivity contribution is 7.90. The number of nitrogens with one attached hydrogen (secondary N) is 1. The summed E-state index contributed by atoms with van der Waals surface area (Å²) in [6.45, 7) is 0. The number of fused-ring (bicyclic) bond motifs is 1. The van der Waals surface area contributed by atoms with E-state index in [1.54, 1.807) is 48.0 Å². The molecule has 0 atom stereocenters. The second-order valence-electron chi connectivity index (χ2n) is 9.70. The summed E-state index contributed by atoms with van der Waals surface area (Å²) in [6.07, 6.45) is 2.42. The van der Waals surface area contributed by atoms with Gasteiger partial charge in [0.05, 0.1) is 22.5 Å². The second kappa shape index (κ2) is 11.2. The fourth-order valence-corrected chi connectivity index (χ4v) is 5.08. The lowest BCUT2D eigenvalue weighted by atomic mass is 10.1. The molecule has 0 aliphatic carbocycles. The molecule has 2 aromatic heterocycles. The van der Waals surface area contributed by atoms with E-state index in [1.165, 1.54) is 12.1 Å². The average molecular weight is 592 g/mol. The van der Waals surface area contributed by atoms with Crippen molar-refractivity contribution >= 4 is 55.9 Å². The molecule has 0 fully saturated rings. The molecule has 5 aromatic rings. The van der Waals surface area contributed by atoms with Gasteiger partial charge in [-0.25, -0.2) is 27.2 Å². The van der Waals surface area contributed by atoms with Crippen LogP contribution in [0.1, 0.15) is 5.56 Å². The average Bonchev–Trinajstić information content (AvgIpc) is 3.28. The van der Waals surface area contributed by atoms with Crippen LogP contribution in [-0.2, 0) is 28.1 Å². The molecule has 0 aliphatic rings. The summed E-state index contributed by atoms with van der Waals surface area (Å²) >= 11 is 0. The maximum atomic E-state index is 14.0. The van der Waals surface area contributed by atoms with Crippen molar-refractivity contribution in [2.45, 2.75) is 11.3 Å². The zero-order valence-corrected chi connectivity index (χ0v) is 24.0. The summed E-state index contributed by atoms with van der Waals surface area (Å²) in [4.78, 5) is 30.2. The first kappa shape index (κ1) is 28.6. The maximum absolute atomic E-state index is 14.0. The van der Waals surface area contributed by atoms with Gasteiger partial charge in [0.1, 0.15) is 23.0 Å². The van der Waals surface area contributed by atoms with E-state index < -0.39 is 27.4 Å². The number of carbonyl (C=O) groups is 1. The Labute approximate surface area is 241 Å². The number of hydrogen-bond acceptors (Lipinski definition) is 8. The number of sulfone groups is 1. The third-order valence-corrected chi connectivity index (χ3v) is 7.91. The standard InChI is InChI=1S/C29H27F2N7O3S/c1-36(20-9-11-21(12-10-20)42(4,40)41)28-32-15-14-25(33-28)37(2)23-6-5-7-24-27(23)35-29(38(24)3)34-26(39)17-18-16-19(30)8-13-22(18)31/h5-16H,17H2,1-4H3,(H,34,35,39). The van der Waals surface area contributed by atoms with Crippen LogP contribution in [0, 0.1) is 11.6 Å². The van der Waals surface area contributed by atoms with Gasteiger partial charge in [0.15, 0.2) is 9.84 Å². The Hall–Kier alpha value is -4.91. The molecule has 3 aromatic carbocycles. The fraction of sp³-hybridized carbons (Fsp3) is 0.172. The number of nitrogens with zero attached hydrogens (tertiary/aromatic N) is 6. The summed E-state index contributed by atoms with van der Waals surface area (Å²) in [5, 5.41) is 2.69. The van der Waals surface area contributed by atoms with Gasteiger partial charge in [0, 0.05) is 44.8 Å². The van der Waals surface area contributed by atoms with Gasteiger partial charge in [0.2, 0.25) is 17.8 Å². The molecule has 0 saturated carbocycles. The van der Waals surface area contributed by atoms with Crippen molar-refractivity contribution in [3.8, 4) is 0 Å². The number of carbonyl (C=O) groups excluding carboxylic acids is 1. The lowest BCUT2D eigenvalue weighted by Crippen LogP contribution is -2.18. The highest BCUT2D eigenvalue weighted by Crippen LogP contribution is 2.32. The van der Waals surface area contributed by atoms with Crippen molar-refractivity contribution in [2.75, 3.05) is 35.5 Å². The Balaban J connectivity index is 1.40. The van der Waals surface area contributed by atoms with Crippen LogP contribution in [0.25, 0.3) is 11.0 Å². The number of amides is 1. The molecule has 0 unspecified atom stereocenters. The molecule has 1 N–H and O–H groups in total. The molecule has 42 heavy (non-hydrogen) atoms. The minimum absolute atomic E-state index is 0.0532. The van der Waals surface area contributed by atoms with E-state index in [1.807, 2.05) is 30.1 Å². The molecule has 0 aliphatic heterocycles. The minimum atomic E-state index is -3.32. The Bertz CT molecular complexity index is 1910. The number of anilines is 5. The third-order valence-electron chi connectivity index (χ3n) is 6.79. The highest BCUT2D eigenvalue weighted by Gasteiger charge is 2.19. The van der Waals surface area contributed by atoms with Gasteiger partial charge in [-0.15, -0.1) is 0 Å². The van der Waals surface area contributed by atoms with Crippen LogP contribution in [0.3, 0.4) is 0 Å². The Morgan fingerprint density at radius 1 is 0.976 bits per heavy atom. The number of rotatable bonds is 8. The van der Waals surface area contributed by atoms with Crippen molar-refractivity contribution < 1.29 is 22.0 Å². The number of aromatic nitrogens is 4. The number of imidazole rings is 1. The van der Waals surface area contributed by atoms with E-state index in [0.29, 0.717) is 28.7 Å². The topological polar surface area (TPSA) is 113 Å². The van der Waals surface area contributed by atoms with E-state index in [-0.39, 0.29) is 22.8 Å². The lowest BCUT2D eigenvalue weighted by molar-refractivity contribution is -0.115. The first-order chi connectivity index (χ1) is 19.9. The van der Waals surface area contributed by atoms with Crippen molar-refractivity contribution in [2.24, 2.45) is 7.05 Å². The van der Waals surface area contributed by atoms with Crippen molar-refractivity contribution in [3.05, 3.63) is 90.1 Å². The largest absolute Gasteiger partial charge is 0.327 e. The number of aryl methyl sites for hydroxylation is 1. The van der Waals surface area contributed by atoms with Crippen LogP contribution in [0.15, 0.2) is 77.8 Å². The van der Waals surface area contributed by atoms with E-state index in [4.69, 9.17) is 4.98 Å². The summed E-state index contributed by atoms with van der Waals surface area (Å²) in [7, 11) is 2.02. The molecule has 0 spiro atoms. The fourth-order valence-electron chi connectivity index (χ4n) is 4.45. The van der Waals surface area contributed by atoms with Gasteiger partial charge in [-0.2, -0.15) is 4.98 Å². The van der Waals surface area contributed by atoms with Crippen LogP contribution in [0.2, 0.25) is 0 Å². The molecule has 1 amide bonds. The molecule has 0 bridgehead atoms. The zero-order valence-electron chi connectivity index (χ0n) is 23.2. The van der Waals surface area contributed by atoms with Gasteiger partial charge in [-0.3, -0.25) is 10.1 Å². The van der Waals surface area contributed by atoms with Gasteiger partial charge in [-0.05, 0) is 60.7 Å². The Kier molecular flexibility index (Phi) is 7.61. The van der Waals surface area contributed by atoms with E-state index >= 15 is 0 Å². The summed E-state index contributed by atoms with van der Waals surface area (Å²) in [6, 6.07) is 16.7. The minimum Gasteiger partial charge on any atom is -0.327 e. The van der Waals surface area contributed by atoms with Gasteiger partial charge < -0.3 is 14.4 Å². The molecular weight excluding hydrogens is 564 g/mol. The van der Waals surface area contributed by atoms with Gasteiger partial charge in [-0.1, -0.05) is 6.07 Å². The predicted octanol–water partition coefficient (Wildman–Crippen LogP) is 4.76. The molecule has 216 valence electrons. The Morgan fingerprint density at radius 2 is 1.71 bits per heavy atom. The maximum Gasteiger partial charge on any atom is 0.231 e. The monoisotopic (exact) mass is 591 g/mol. The third kappa shape index (κ3) is 5.77. The second-order valence-corrected chi connectivity index (χ2v) is 11.7. The van der Waals surface area contributed by atoms with Gasteiger partial charge >= 0.3 is 0 Å². The number of halogens is 2. The smallest absolute Gasteiger partial charge is 0.231 e. The number of para-hydroxylation sites is 1. The molecule has 0 radical (unpaired) electrons. The SMILES string of the molecule is CN(c1ccc(S(C)(=O)=O)cc1)c1nccc(N(C)c2cccc3c2nc(NC(=O)Cc2cc(F)ccc2F)n3C)n1. The molecule has 0 saturated heterocycles. The van der Waals surface area contributed by atoms with E-state index in [9.17, 15) is 22.0 Å². The van der Waals surface area contributed by atoms with Crippen LogP contribution < -0.4 is 15.1 Å². The highest BCUT2D eigenvalue weighted by atomic mass is 32.2. The number of hydrogen-bond donors (Lipinski definition) is 1. The number of benzene rings is 3. The predicted molar refractivity (Wildman–Crippen MR) is 157 cm³/mol. The van der Waals surface area contributed by atoms with Crippen LogP contribution in [-0.4, -0.2) is 54.2 Å². The molecule has 10 nitrogen and oxygen atoms in total. The lowest BCUT2D eigenvalue weighted by Gasteiger charge is -2.22. The first-order valence-electron chi connectivity index (χ1n) is 12.7. The summed E-state index contributed by atoms with van der Waals surface area (Å²) < 4.78 is 52.9. The summed E-state index contributed by atoms with van der Waals surface area (Å²) in [5.74, 6) is -0.643. The van der Waals surface area contributed by atoms with Crippen molar-refractivity contribution in [1.29, 1.82) is 0 Å². The first-order valence-corrected chi connectivity index (χ1v) is 14.6. The van der Waals surface area contributed by atoms with E-state index in [2.05, 4.69) is 15.3 Å². The quantitative estimate of drug-likeness (QED) is 0.275. The summed E-state index contributed by atoms with van der Waals surface area (Å²) in [5.41, 5.74) is 2.66. The van der Waals surface area contributed by atoms with E-state index in [0.717, 1.165) is 30.0 Å². The van der Waals surface area contributed by atoms with Crippen LogP contribution >= 0.6 is 0 Å². The van der Waals surface area contributed by atoms with Gasteiger partial charge in [0.25, 0.3) is 0 Å². The zero-order chi connectivity index (χ0) is 30.2. The van der Waals surface area contributed by atoms with Crippen molar-refractivity contribution in [3.63, 3.8) is 0 Å². The molecular formula is C29H27F2N7O3S. The molecule has 13 heteroatoms. The normalized spacial score (nSPS) is 11.5. The van der Waals surface area contributed by atoms with Crippen molar-refractivity contribution in [1.82, 2.24) is 19.5 Å². The molecule has 2 heterocycles. The van der Waals surface area contributed by atoms with Crippen LogP contribution in [0.4, 0.5) is 37.9 Å². The van der Waals surface area contributed by atoms with Crippen LogP contribution in [0.5, 0.6) is 0 Å². The molecule has 5 rings (SSSR count).